The van der Waals surface area contributed by atoms with Crippen molar-refractivity contribution in [3.05, 3.63) is 309 Å². The summed E-state index contributed by atoms with van der Waals surface area (Å²) in [6.07, 6.45) is 8.02. The molecule has 1 aromatic heterocycles. The highest BCUT2D eigenvalue weighted by atomic mass is 15.1. The van der Waals surface area contributed by atoms with E-state index >= 15 is 0 Å². The van der Waals surface area contributed by atoms with E-state index in [1.54, 1.807) is 0 Å². The average Bonchev–Trinajstić information content (AvgIpc) is 3.83. The van der Waals surface area contributed by atoms with E-state index in [-0.39, 0.29) is 5.92 Å². The summed E-state index contributed by atoms with van der Waals surface area (Å²) < 4.78 is 2.39. The van der Waals surface area contributed by atoms with E-state index in [9.17, 15) is 0 Å². The molecular weight excluding hydrogens is 893 g/mol. The summed E-state index contributed by atoms with van der Waals surface area (Å²) in [5, 5.41) is 2.51. The van der Waals surface area contributed by atoms with Crippen molar-refractivity contribution in [2.24, 2.45) is 0 Å². The van der Waals surface area contributed by atoms with Crippen LogP contribution in [-0.4, -0.2) is 4.57 Å². The Morgan fingerprint density at radius 1 is 0.338 bits per heavy atom. The zero-order valence-electron chi connectivity index (χ0n) is 41.0. The van der Waals surface area contributed by atoms with Gasteiger partial charge in [-0.25, -0.2) is 0 Å². The van der Waals surface area contributed by atoms with Crippen LogP contribution in [-0.2, 0) is 0 Å². The largest absolute Gasteiger partial charge is 0.311 e. The van der Waals surface area contributed by atoms with Gasteiger partial charge in [-0.1, -0.05) is 218 Å². The van der Waals surface area contributed by atoms with E-state index in [0.29, 0.717) is 0 Å². The lowest BCUT2D eigenvalue weighted by atomic mass is 9.90. The molecule has 0 N–H and O–H groups in total. The summed E-state index contributed by atoms with van der Waals surface area (Å²) in [7, 11) is 0. The van der Waals surface area contributed by atoms with Gasteiger partial charge in [-0.05, 0) is 158 Å². The van der Waals surface area contributed by atoms with Crippen molar-refractivity contribution in [3.63, 3.8) is 0 Å². The van der Waals surface area contributed by atoms with Crippen molar-refractivity contribution in [1.29, 1.82) is 0 Å². The Labute approximate surface area is 433 Å². The molecule has 2 heteroatoms. The second-order valence-electron chi connectivity index (χ2n) is 19.3. The minimum atomic E-state index is 0.281. The van der Waals surface area contributed by atoms with Crippen molar-refractivity contribution in [2.45, 2.75) is 12.3 Å². The Morgan fingerprint density at radius 2 is 0.811 bits per heavy atom. The van der Waals surface area contributed by atoms with Crippen LogP contribution < -0.4 is 4.90 Å². The molecule has 0 saturated carbocycles. The van der Waals surface area contributed by atoms with Crippen LogP contribution in [0.15, 0.2) is 303 Å². The van der Waals surface area contributed by atoms with Gasteiger partial charge in [0.25, 0.3) is 0 Å². The first-order valence-corrected chi connectivity index (χ1v) is 25.7. The summed E-state index contributed by atoms with van der Waals surface area (Å²) in [5.74, 6) is 0.281. The van der Waals surface area contributed by atoms with Gasteiger partial charge in [0.15, 0.2) is 0 Å². The van der Waals surface area contributed by atoms with Crippen molar-refractivity contribution in [2.75, 3.05) is 4.90 Å². The second-order valence-corrected chi connectivity index (χ2v) is 19.3. The lowest BCUT2D eigenvalue weighted by Crippen LogP contribution is -2.17. The molecule has 12 aromatic rings. The highest BCUT2D eigenvalue weighted by Crippen LogP contribution is 2.42. The third kappa shape index (κ3) is 8.63. The van der Waals surface area contributed by atoms with E-state index in [2.05, 4.69) is 307 Å². The van der Waals surface area contributed by atoms with Gasteiger partial charge in [0.05, 0.1) is 11.0 Å². The number of fused-ring (bicyclic) bond motifs is 3. The number of anilines is 2. The van der Waals surface area contributed by atoms with Gasteiger partial charge in [0, 0.05) is 39.4 Å². The van der Waals surface area contributed by atoms with Crippen LogP contribution in [0.4, 0.5) is 11.4 Å². The third-order valence-electron chi connectivity index (χ3n) is 14.7. The third-order valence-corrected chi connectivity index (χ3v) is 14.7. The highest BCUT2D eigenvalue weighted by molar-refractivity contribution is 6.16. The van der Waals surface area contributed by atoms with Crippen molar-refractivity contribution in [1.82, 2.24) is 4.57 Å². The fourth-order valence-corrected chi connectivity index (χ4v) is 11.0. The quantitative estimate of drug-likeness (QED) is 0.125. The van der Waals surface area contributed by atoms with Crippen LogP contribution in [0.1, 0.15) is 17.9 Å². The van der Waals surface area contributed by atoms with Crippen LogP contribution in [0, 0.1) is 0 Å². The number of hydrogen-bond donors (Lipinski definition) is 0. The van der Waals surface area contributed by atoms with Gasteiger partial charge >= 0.3 is 0 Å². The van der Waals surface area contributed by atoms with Crippen molar-refractivity contribution in [3.8, 4) is 72.4 Å². The topological polar surface area (TPSA) is 8.17 Å². The Bertz CT molecular complexity index is 3940. The fraction of sp³-hybridized carbons (Fsp3) is 0.0278. The summed E-state index contributed by atoms with van der Waals surface area (Å²) in [6.45, 7) is 0. The number of benzene rings is 11. The summed E-state index contributed by atoms with van der Waals surface area (Å²) in [6, 6.07) is 102. The number of aromatic nitrogens is 1. The van der Waals surface area contributed by atoms with E-state index in [1.807, 2.05) is 0 Å². The molecule has 1 aliphatic carbocycles. The summed E-state index contributed by atoms with van der Waals surface area (Å²) in [4.78, 5) is 2.43. The van der Waals surface area contributed by atoms with Crippen molar-refractivity contribution < 1.29 is 0 Å². The summed E-state index contributed by atoms with van der Waals surface area (Å²) in [5.41, 5.74) is 22.6. The van der Waals surface area contributed by atoms with Crippen LogP contribution in [0.3, 0.4) is 0 Å². The molecule has 0 saturated heterocycles. The molecule has 11 aromatic carbocycles. The molecule has 0 fully saturated rings. The van der Waals surface area contributed by atoms with Gasteiger partial charge in [-0.15, -0.1) is 0 Å². The predicted octanol–water partition coefficient (Wildman–Crippen LogP) is 19.6. The molecule has 13 rings (SSSR count). The molecule has 1 unspecified atom stereocenters. The van der Waals surface area contributed by atoms with Gasteiger partial charge < -0.3 is 9.47 Å². The molecule has 74 heavy (non-hydrogen) atoms. The molecule has 0 spiro atoms. The van der Waals surface area contributed by atoms with Crippen LogP contribution in [0.2, 0.25) is 0 Å². The van der Waals surface area contributed by atoms with Crippen molar-refractivity contribution >= 4 is 33.2 Å². The predicted molar refractivity (Wildman–Crippen MR) is 313 cm³/mol. The molecule has 1 atom stereocenters. The van der Waals surface area contributed by atoms with Gasteiger partial charge in [-0.3, -0.25) is 0 Å². The summed E-state index contributed by atoms with van der Waals surface area (Å²) >= 11 is 0. The normalized spacial score (nSPS) is 13.2. The molecule has 0 amide bonds. The first kappa shape index (κ1) is 44.4. The Balaban J connectivity index is 0.877. The molecule has 2 nitrogen and oxygen atoms in total. The van der Waals surface area contributed by atoms with Gasteiger partial charge in [0.1, 0.15) is 0 Å². The SMILES string of the molecule is C1=CC(c2ccc(-c3ccccc3)cc2)CC=C1N(c1ccc(-c2cc(-c3ccccc3)cc(-c3ccccc3)c2)cc1)c1cccc(-c2cccc(-c3cccc4c3c3ccccc3n4-c3ccccc3)c2)c1. The van der Waals surface area contributed by atoms with Crippen LogP contribution in [0.25, 0.3) is 94.3 Å². The van der Waals surface area contributed by atoms with E-state index in [4.69, 9.17) is 0 Å². The first-order valence-electron chi connectivity index (χ1n) is 25.7. The Morgan fingerprint density at radius 3 is 1.45 bits per heavy atom. The standard InChI is InChI=1S/C72H52N2/c1-5-18-51(19-6-1)54-34-36-55(37-35-54)56-38-42-65(43-39-56)73(66-44-40-57(41-45-66)63-48-61(52-20-7-2-8-21-52)47-62(49-63)53-22-9-3-10-23-53)67-29-16-25-59(50-67)58-24-15-26-60(46-58)68-31-17-33-71-72(68)69-30-13-14-32-70(69)74(71)64-27-11-4-12-28-64/h1-38,40-50,56H,39H2. The number of para-hydroxylation sites is 2. The lowest BCUT2D eigenvalue weighted by molar-refractivity contribution is 0.840. The number of nitrogens with zero attached hydrogens (tertiary/aromatic N) is 2. The second kappa shape index (κ2) is 19.6. The molecule has 0 aliphatic heterocycles. The van der Waals surface area contributed by atoms with Crippen LogP contribution in [0.5, 0.6) is 0 Å². The smallest absolute Gasteiger partial charge is 0.0547 e. The number of hydrogen-bond acceptors (Lipinski definition) is 1. The van der Waals surface area contributed by atoms with E-state index in [1.165, 1.54) is 88.6 Å². The van der Waals surface area contributed by atoms with E-state index in [0.717, 1.165) is 34.7 Å². The molecule has 350 valence electrons. The monoisotopic (exact) mass is 944 g/mol. The highest BCUT2D eigenvalue weighted by Gasteiger charge is 2.21. The van der Waals surface area contributed by atoms with Crippen LogP contribution >= 0.6 is 0 Å². The molecule has 0 radical (unpaired) electrons. The molecule has 0 bridgehead atoms. The Hall–Kier alpha value is -9.50. The zero-order chi connectivity index (χ0) is 49.2. The minimum absolute atomic E-state index is 0.281. The Kier molecular flexibility index (Phi) is 11.8. The zero-order valence-corrected chi connectivity index (χ0v) is 41.0. The van der Waals surface area contributed by atoms with Gasteiger partial charge in [0.2, 0.25) is 0 Å². The van der Waals surface area contributed by atoms with Gasteiger partial charge in [-0.2, -0.15) is 0 Å². The molecule has 1 aliphatic rings. The van der Waals surface area contributed by atoms with E-state index < -0.39 is 0 Å². The molecule has 1 heterocycles. The minimum Gasteiger partial charge on any atom is -0.311 e. The first-order chi connectivity index (χ1) is 36.7. The molecular formula is C72H52N2. The fourth-order valence-electron chi connectivity index (χ4n) is 11.0. The maximum absolute atomic E-state index is 2.43. The number of allylic oxidation sites excluding steroid dienone is 3. The maximum atomic E-state index is 2.43. The average molecular weight is 945 g/mol. The number of rotatable bonds is 11. The maximum Gasteiger partial charge on any atom is 0.0547 e. The lowest BCUT2D eigenvalue weighted by Gasteiger charge is -2.29.